The van der Waals surface area contributed by atoms with E-state index in [1.165, 1.54) is 19.3 Å². The van der Waals surface area contributed by atoms with Crippen LogP contribution in [0.1, 0.15) is 70.6 Å². The summed E-state index contributed by atoms with van der Waals surface area (Å²) in [6, 6.07) is 4.49. The molecule has 36 heavy (non-hydrogen) atoms. The highest BCUT2D eigenvalue weighted by molar-refractivity contribution is 5.83. The second kappa shape index (κ2) is 9.75. The molecule has 0 spiro atoms. The first-order valence-electron chi connectivity index (χ1n) is 14.2. The molecule has 1 aromatic heterocycles. The number of rotatable bonds is 6. The van der Waals surface area contributed by atoms with Gasteiger partial charge in [-0.1, -0.05) is 19.3 Å². The Morgan fingerprint density at radius 1 is 1.03 bits per heavy atom. The number of hydrogen-bond donors (Lipinski definition) is 3. The van der Waals surface area contributed by atoms with Gasteiger partial charge in [0.05, 0.1) is 17.3 Å². The zero-order valence-corrected chi connectivity index (χ0v) is 21.5. The lowest BCUT2D eigenvalue weighted by molar-refractivity contribution is -0.165. The minimum absolute atomic E-state index is 0.0348. The van der Waals surface area contributed by atoms with Gasteiger partial charge in [-0.2, -0.15) is 0 Å². The third-order valence-corrected chi connectivity index (χ3v) is 9.70. The average Bonchev–Trinajstić information content (AvgIpc) is 3.35. The minimum Gasteiger partial charge on any atom is -0.446 e. The maximum absolute atomic E-state index is 13.5. The zero-order valence-electron chi connectivity index (χ0n) is 21.5. The SMILES string of the molecule is CNc1ccc(N[C@@H]2CCN(C(=O)OC3C4CC5CC3CC(C(=O)NC3CCCCC3)(C5)C4)C2)nc1. The molecule has 7 rings (SSSR count). The molecule has 2 heterocycles. The molecule has 1 aromatic rings. The molecule has 2 amide bonds. The van der Waals surface area contributed by atoms with Gasteiger partial charge in [-0.25, -0.2) is 9.78 Å². The summed E-state index contributed by atoms with van der Waals surface area (Å²) in [6.07, 6.45) is 13.5. The molecule has 5 aliphatic carbocycles. The Bertz CT molecular complexity index is 946. The predicted molar refractivity (Wildman–Crippen MR) is 139 cm³/mol. The molecule has 8 nitrogen and oxygen atoms in total. The summed E-state index contributed by atoms with van der Waals surface area (Å²) in [4.78, 5) is 32.9. The second-order valence-corrected chi connectivity index (χ2v) is 12.2. The van der Waals surface area contributed by atoms with E-state index in [0.29, 0.717) is 42.8 Å². The van der Waals surface area contributed by atoms with E-state index in [1.54, 1.807) is 6.20 Å². The maximum Gasteiger partial charge on any atom is 0.410 e. The average molecular weight is 496 g/mol. The number of nitrogens with one attached hydrogen (secondary N) is 3. The van der Waals surface area contributed by atoms with Gasteiger partial charge < -0.3 is 25.6 Å². The number of nitrogens with zero attached hydrogens (tertiary/aromatic N) is 2. The highest BCUT2D eigenvalue weighted by atomic mass is 16.6. The molecule has 3 atom stereocenters. The molecular weight excluding hydrogens is 454 g/mol. The molecule has 6 fully saturated rings. The Morgan fingerprint density at radius 2 is 1.81 bits per heavy atom. The molecule has 1 aliphatic heterocycles. The van der Waals surface area contributed by atoms with Crippen molar-refractivity contribution < 1.29 is 14.3 Å². The Kier molecular flexibility index (Phi) is 6.46. The molecule has 8 heteroatoms. The number of ether oxygens (including phenoxy) is 1. The van der Waals surface area contributed by atoms with Gasteiger partial charge in [0.15, 0.2) is 0 Å². The molecular formula is C28H41N5O3. The second-order valence-electron chi connectivity index (χ2n) is 12.2. The minimum atomic E-state index is -0.227. The first-order valence-corrected chi connectivity index (χ1v) is 14.2. The van der Waals surface area contributed by atoms with Crippen LogP contribution in [0.5, 0.6) is 0 Å². The molecule has 0 aromatic carbocycles. The van der Waals surface area contributed by atoms with Crippen LogP contribution in [0.3, 0.4) is 0 Å². The van der Waals surface area contributed by atoms with E-state index in [0.717, 1.165) is 62.9 Å². The first kappa shape index (κ1) is 23.9. The highest BCUT2D eigenvalue weighted by Crippen LogP contribution is 2.61. The van der Waals surface area contributed by atoms with Crippen LogP contribution in [-0.2, 0) is 9.53 Å². The first-order chi connectivity index (χ1) is 17.5. The summed E-state index contributed by atoms with van der Waals surface area (Å²) in [5.74, 6) is 2.37. The van der Waals surface area contributed by atoms with Gasteiger partial charge in [0.1, 0.15) is 11.9 Å². The Morgan fingerprint density at radius 3 is 2.50 bits per heavy atom. The molecule has 0 radical (unpaired) electrons. The topological polar surface area (TPSA) is 95.6 Å². The lowest BCUT2D eigenvalue weighted by Crippen LogP contribution is -2.60. The van der Waals surface area contributed by atoms with Crippen molar-refractivity contribution in [2.75, 3.05) is 30.8 Å². The number of anilines is 2. The van der Waals surface area contributed by atoms with Gasteiger partial charge in [0, 0.05) is 32.2 Å². The number of carbonyl (C=O) groups is 2. The van der Waals surface area contributed by atoms with Crippen LogP contribution in [0.2, 0.25) is 0 Å². The summed E-state index contributed by atoms with van der Waals surface area (Å²) in [5.41, 5.74) is 0.746. The van der Waals surface area contributed by atoms with Gasteiger partial charge in [0.2, 0.25) is 5.91 Å². The maximum atomic E-state index is 13.5. The third-order valence-electron chi connectivity index (χ3n) is 9.70. The van der Waals surface area contributed by atoms with Gasteiger partial charge in [-0.05, 0) is 81.3 Å². The fourth-order valence-electron chi connectivity index (χ4n) is 8.10. The van der Waals surface area contributed by atoms with Crippen LogP contribution < -0.4 is 16.0 Å². The van der Waals surface area contributed by atoms with E-state index in [9.17, 15) is 9.59 Å². The number of amides is 2. The Labute approximate surface area is 214 Å². The van der Waals surface area contributed by atoms with Crippen molar-refractivity contribution in [1.82, 2.24) is 15.2 Å². The lowest BCUT2D eigenvalue weighted by Gasteiger charge is -2.58. The van der Waals surface area contributed by atoms with Crippen molar-refractivity contribution in [3.63, 3.8) is 0 Å². The highest BCUT2D eigenvalue weighted by Gasteiger charge is 2.59. The monoisotopic (exact) mass is 495 g/mol. The van der Waals surface area contributed by atoms with Gasteiger partial charge >= 0.3 is 6.09 Å². The van der Waals surface area contributed by atoms with E-state index >= 15 is 0 Å². The van der Waals surface area contributed by atoms with Crippen molar-refractivity contribution in [2.24, 2.45) is 23.2 Å². The Balaban J connectivity index is 1.04. The fraction of sp³-hybridized carbons (Fsp3) is 0.750. The largest absolute Gasteiger partial charge is 0.446 e. The quantitative estimate of drug-likeness (QED) is 0.542. The molecule has 6 aliphatic rings. The van der Waals surface area contributed by atoms with Crippen molar-refractivity contribution >= 4 is 23.5 Å². The van der Waals surface area contributed by atoms with Crippen molar-refractivity contribution in [3.8, 4) is 0 Å². The van der Waals surface area contributed by atoms with Crippen LogP contribution in [0.4, 0.5) is 16.3 Å². The standard InChI is InChI=1S/C28H41N5O3/c1-29-22-7-8-24(30-16-22)31-23-9-10-33(17-23)27(35)36-25-19-11-18-12-20(25)15-28(13-18,14-19)26(34)32-21-5-3-2-4-6-21/h7-8,16,18-21,23,25,29H,2-6,9-15,17H2,1H3,(H,30,31)(H,32,34)/t18?,19?,20?,23-,25?,28?/m1/s1. The summed E-state index contributed by atoms with van der Waals surface area (Å²) < 4.78 is 6.22. The fourth-order valence-corrected chi connectivity index (χ4v) is 8.10. The summed E-state index contributed by atoms with van der Waals surface area (Å²) in [6.45, 7) is 1.33. The number of carbonyl (C=O) groups excluding carboxylic acids is 2. The summed E-state index contributed by atoms with van der Waals surface area (Å²) in [5, 5.41) is 9.96. The Hall–Kier alpha value is -2.51. The van der Waals surface area contributed by atoms with Crippen LogP contribution >= 0.6 is 0 Å². The number of aromatic nitrogens is 1. The molecule has 1 saturated heterocycles. The van der Waals surface area contributed by atoms with Crippen LogP contribution in [0.15, 0.2) is 18.3 Å². The third kappa shape index (κ3) is 4.63. The molecule has 4 bridgehead atoms. The van der Waals surface area contributed by atoms with Crippen LogP contribution in [0, 0.1) is 23.2 Å². The van der Waals surface area contributed by atoms with Crippen molar-refractivity contribution in [3.05, 3.63) is 18.3 Å². The molecule has 3 N–H and O–H groups in total. The van der Waals surface area contributed by atoms with E-state index in [4.69, 9.17) is 4.74 Å². The van der Waals surface area contributed by atoms with Gasteiger partial charge in [-0.3, -0.25) is 4.79 Å². The van der Waals surface area contributed by atoms with Crippen LogP contribution in [-0.4, -0.2) is 60.2 Å². The molecule has 5 saturated carbocycles. The zero-order chi connectivity index (χ0) is 24.7. The normalized spacial score (nSPS) is 35.5. The summed E-state index contributed by atoms with van der Waals surface area (Å²) in [7, 11) is 1.88. The van der Waals surface area contributed by atoms with Crippen molar-refractivity contribution in [2.45, 2.75) is 88.8 Å². The summed E-state index contributed by atoms with van der Waals surface area (Å²) >= 11 is 0. The van der Waals surface area contributed by atoms with E-state index < -0.39 is 0 Å². The van der Waals surface area contributed by atoms with E-state index in [1.807, 2.05) is 24.1 Å². The lowest BCUT2D eigenvalue weighted by atomic mass is 9.48. The predicted octanol–water partition coefficient (Wildman–Crippen LogP) is 4.39. The van der Waals surface area contributed by atoms with Crippen LogP contribution in [0.25, 0.3) is 0 Å². The van der Waals surface area contributed by atoms with Gasteiger partial charge in [-0.15, -0.1) is 0 Å². The van der Waals surface area contributed by atoms with E-state index in [2.05, 4.69) is 20.9 Å². The van der Waals surface area contributed by atoms with Crippen molar-refractivity contribution in [1.29, 1.82) is 0 Å². The van der Waals surface area contributed by atoms with E-state index in [-0.39, 0.29) is 23.7 Å². The van der Waals surface area contributed by atoms with Gasteiger partial charge in [0.25, 0.3) is 0 Å². The number of pyridine rings is 1. The number of hydrogen-bond acceptors (Lipinski definition) is 6. The smallest absolute Gasteiger partial charge is 0.410 e. The molecule has 2 unspecified atom stereocenters. The molecule has 196 valence electrons. The number of likely N-dealkylation sites (tertiary alicyclic amines) is 1.